The van der Waals surface area contributed by atoms with Gasteiger partial charge in [0.1, 0.15) is 0 Å². The summed E-state index contributed by atoms with van der Waals surface area (Å²) >= 11 is 0. The number of hydrogen-bond acceptors (Lipinski definition) is 3. The van der Waals surface area contributed by atoms with E-state index in [0.29, 0.717) is 6.04 Å². The van der Waals surface area contributed by atoms with E-state index in [4.69, 9.17) is 5.73 Å². The Kier molecular flexibility index (Phi) is 4.83. The van der Waals surface area contributed by atoms with E-state index in [1.165, 1.54) is 17.7 Å². The van der Waals surface area contributed by atoms with E-state index in [2.05, 4.69) is 54.8 Å². The van der Waals surface area contributed by atoms with E-state index < -0.39 is 0 Å². The Morgan fingerprint density at radius 3 is 2.63 bits per heavy atom. The molecule has 0 spiro atoms. The highest BCUT2D eigenvalue weighted by Crippen LogP contribution is 2.29. The summed E-state index contributed by atoms with van der Waals surface area (Å²) in [4.78, 5) is 5.07. The smallest absolute Gasteiger partial charge is 0.0415 e. The standard InChI is InChI=1S/C16H27N3/c1-4-18(5-2)14-10-11-19(12-14)16-9-7-6-8-15(16)13(3)17/h6-9,13-14H,4-5,10-12,17H2,1-3H3/t13-,14?/m0/s1. The van der Waals surface area contributed by atoms with Crippen LogP contribution < -0.4 is 10.6 Å². The van der Waals surface area contributed by atoms with E-state index in [9.17, 15) is 0 Å². The third kappa shape index (κ3) is 3.10. The first kappa shape index (κ1) is 14.4. The van der Waals surface area contributed by atoms with E-state index in [-0.39, 0.29) is 6.04 Å². The van der Waals surface area contributed by atoms with Crippen LogP contribution in [0.15, 0.2) is 24.3 Å². The lowest BCUT2D eigenvalue weighted by Crippen LogP contribution is -2.37. The number of hydrogen-bond donors (Lipinski definition) is 1. The first-order valence-electron chi connectivity index (χ1n) is 7.50. The van der Waals surface area contributed by atoms with Crippen molar-refractivity contribution in [3.8, 4) is 0 Å². The Labute approximate surface area is 117 Å². The molecule has 0 radical (unpaired) electrons. The molecule has 0 aromatic heterocycles. The van der Waals surface area contributed by atoms with Gasteiger partial charge in [-0.2, -0.15) is 0 Å². The topological polar surface area (TPSA) is 32.5 Å². The zero-order valence-electron chi connectivity index (χ0n) is 12.5. The molecule has 2 atom stereocenters. The van der Waals surface area contributed by atoms with Crippen LogP contribution in [0.2, 0.25) is 0 Å². The maximum Gasteiger partial charge on any atom is 0.0415 e. The first-order valence-corrected chi connectivity index (χ1v) is 7.50. The molecule has 1 saturated heterocycles. The SMILES string of the molecule is CCN(CC)C1CCN(c2ccccc2[C@H](C)N)C1. The molecular weight excluding hydrogens is 234 g/mol. The van der Waals surface area contributed by atoms with Crippen LogP contribution in [0.4, 0.5) is 5.69 Å². The summed E-state index contributed by atoms with van der Waals surface area (Å²) in [5, 5.41) is 0. The number of nitrogens with zero attached hydrogens (tertiary/aromatic N) is 2. The molecule has 2 rings (SSSR count). The minimum absolute atomic E-state index is 0.101. The first-order chi connectivity index (χ1) is 9.17. The Morgan fingerprint density at radius 1 is 1.32 bits per heavy atom. The number of para-hydroxylation sites is 1. The molecule has 1 heterocycles. The summed E-state index contributed by atoms with van der Waals surface area (Å²) < 4.78 is 0. The van der Waals surface area contributed by atoms with Gasteiger partial charge in [0.25, 0.3) is 0 Å². The zero-order chi connectivity index (χ0) is 13.8. The average Bonchev–Trinajstić information content (AvgIpc) is 2.89. The molecule has 0 bridgehead atoms. The number of benzene rings is 1. The quantitative estimate of drug-likeness (QED) is 0.884. The van der Waals surface area contributed by atoms with Crippen LogP contribution in [-0.2, 0) is 0 Å². The van der Waals surface area contributed by atoms with Crippen LogP contribution in [0.1, 0.15) is 38.8 Å². The van der Waals surface area contributed by atoms with E-state index in [1.54, 1.807) is 0 Å². The van der Waals surface area contributed by atoms with Crippen molar-refractivity contribution in [2.45, 2.75) is 39.3 Å². The average molecular weight is 261 g/mol. The van der Waals surface area contributed by atoms with Crippen molar-refractivity contribution in [3.05, 3.63) is 29.8 Å². The normalized spacial score (nSPS) is 21.1. The van der Waals surface area contributed by atoms with Crippen LogP contribution in [0.25, 0.3) is 0 Å². The fraction of sp³-hybridized carbons (Fsp3) is 0.625. The molecular formula is C16H27N3. The summed E-state index contributed by atoms with van der Waals surface area (Å²) in [6, 6.07) is 9.36. The summed E-state index contributed by atoms with van der Waals surface area (Å²) in [7, 11) is 0. The Hall–Kier alpha value is -1.06. The maximum atomic E-state index is 6.09. The summed E-state index contributed by atoms with van der Waals surface area (Å²) in [6.45, 7) is 11.1. The molecule has 1 aromatic carbocycles. The Balaban J connectivity index is 2.13. The number of nitrogens with two attached hydrogens (primary N) is 1. The van der Waals surface area contributed by atoms with Crippen molar-refractivity contribution in [1.82, 2.24) is 4.90 Å². The van der Waals surface area contributed by atoms with Gasteiger partial charge in [-0.1, -0.05) is 32.0 Å². The molecule has 19 heavy (non-hydrogen) atoms. The van der Waals surface area contributed by atoms with Crippen LogP contribution in [0.5, 0.6) is 0 Å². The molecule has 0 aliphatic carbocycles. The fourth-order valence-corrected chi connectivity index (χ4v) is 3.16. The van der Waals surface area contributed by atoms with Crippen LogP contribution in [0.3, 0.4) is 0 Å². The molecule has 1 aliphatic rings. The lowest BCUT2D eigenvalue weighted by molar-refractivity contribution is 0.232. The van der Waals surface area contributed by atoms with Gasteiger partial charge >= 0.3 is 0 Å². The monoisotopic (exact) mass is 261 g/mol. The minimum atomic E-state index is 0.101. The number of likely N-dealkylation sites (N-methyl/N-ethyl adjacent to an activating group) is 1. The second-order valence-corrected chi connectivity index (χ2v) is 5.46. The molecule has 0 amide bonds. The summed E-state index contributed by atoms with van der Waals surface area (Å²) in [6.07, 6.45) is 1.26. The molecule has 106 valence electrons. The van der Waals surface area contributed by atoms with Gasteiger partial charge in [0.05, 0.1) is 0 Å². The zero-order valence-corrected chi connectivity index (χ0v) is 12.5. The van der Waals surface area contributed by atoms with Crippen LogP contribution >= 0.6 is 0 Å². The van der Waals surface area contributed by atoms with Gasteiger partial charge in [0.2, 0.25) is 0 Å². The van der Waals surface area contributed by atoms with Gasteiger partial charge in [0, 0.05) is 30.9 Å². The van der Waals surface area contributed by atoms with Crippen LogP contribution in [0, 0.1) is 0 Å². The highest BCUT2D eigenvalue weighted by Gasteiger charge is 2.27. The summed E-state index contributed by atoms with van der Waals surface area (Å²) in [5.74, 6) is 0. The minimum Gasteiger partial charge on any atom is -0.370 e. The van der Waals surface area contributed by atoms with Crippen molar-refractivity contribution in [2.24, 2.45) is 5.73 Å². The highest BCUT2D eigenvalue weighted by molar-refractivity contribution is 5.55. The number of anilines is 1. The second-order valence-electron chi connectivity index (χ2n) is 5.46. The lowest BCUT2D eigenvalue weighted by Gasteiger charge is -2.28. The Bertz CT molecular complexity index is 399. The van der Waals surface area contributed by atoms with Crippen molar-refractivity contribution >= 4 is 5.69 Å². The molecule has 1 aromatic rings. The van der Waals surface area contributed by atoms with Crippen LogP contribution in [-0.4, -0.2) is 37.1 Å². The van der Waals surface area contributed by atoms with E-state index in [1.807, 2.05) is 0 Å². The third-order valence-electron chi connectivity index (χ3n) is 4.26. The lowest BCUT2D eigenvalue weighted by atomic mass is 10.1. The fourth-order valence-electron chi connectivity index (χ4n) is 3.16. The van der Waals surface area contributed by atoms with Gasteiger partial charge in [-0.05, 0) is 38.1 Å². The van der Waals surface area contributed by atoms with Gasteiger partial charge in [-0.25, -0.2) is 0 Å². The number of rotatable bonds is 5. The van der Waals surface area contributed by atoms with Gasteiger partial charge < -0.3 is 10.6 Å². The van der Waals surface area contributed by atoms with E-state index >= 15 is 0 Å². The van der Waals surface area contributed by atoms with Crippen molar-refractivity contribution in [3.63, 3.8) is 0 Å². The molecule has 0 saturated carbocycles. The molecule has 3 heteroatoms. The van der Waals surface area contributed by atoms with Gasteiger partial charge in [-0.3, -0.25) is 4.90 Å². The molecule has 3 nitrogen and oxygen atoms in total. The second kappa shape index (κ2) is 6.40. The predicted molar refractivity (Wildman–Crippen MR) is 82.6 cm³/mol. The predicted octanol–water partition coefficient (Wildman–Crippen LogP) is 2.63. The highest BCUT2D eigenvalue weighted by atomic mass is 15.3. The third-order valence-corrected chi connectivity index (χ3v) is 4.26. The van der Waals surface area contributed by atoms with Crippen molar-refractivity contribution in [1.29, 1.82) is 0 Å². The van der Waals surface area contributed by atoms with Crippen molar-refractivity contribution < 1.29 is 0 Å². The Morgan fingerprint density at radius 2 is 2.00 bits per heavy atom. The molecule has 1 aliphatic heterocycles. The van der Waals surface area contributed by atoms with Crippen molar-refractivity contribution in [2.75, 3.05) is 31.1 Å². The van der Waals surface area contributed by atoms with E-state index in [0.717, 1.165) is 26.2 Å². The molecule has 1 unspecified atom stereocenters. The maximum absolute atomic E-state index is 6.09. The summed E-state index contributed by atoms with van der Waals surface area (Å²) in [5.41, 5.74) is 8.68. The molecule has 2 N–H and O–H groups in total. The largest absolute Gasteiger partial charge is 0.370 e. The van der Waals surface area contributed by atoms with Gasteiger partial charge in [0.15, 0.2) is 0 Å². The van der Waals surface area contributed by atoms with Gasteiger partial charge in [-0.15, -0.1) is 0 Å². The molecule has 1 fully saturated rings.